The molecule has 0 atom stereocenters. The van der Waals surface area contributed by atoms with E-state index in [9.17, 15) is 19.2 Å². The molecule has 0 aliphatic carbocycles. The summed E-state index contributed by atoms with van der Waals surface area (Å²) in [5.41, 5.74) is 2.17. The number of nitrogens with one attached hydrogen (secondary N) is 2. The Morgan fingerprint density at radius 3 is 0.865 bits per heavy atom. The van der Waals surface area contributed by atoms with Gasteiger partial charge in [-0.25, -0.2) is 9.59 Å². The first-order valence-corrected chi connectivity index (χ1v) is 29.0. The van der Waals surface area contributed by atoms with E-state index in [1.165, 1.54) is 141 Å². The van der Waals surface area contributed by atoms with Crippen LogP contribution >= 0.6 is 0 Å². The van der Waals surface area contributed by atoms with E-state index in [-0.39, 0.29) is 11.8 Å². The van der Waals surface area contributed by atoms with E-state index < -0.39 is 11.9 Å². The number of esters is 2. The maximum atomic E-state index is 12.8. The minimum atomic E-state index is -0.454. The summed E-state index contributed by atoms with van der Waals surface area (Å²) < 4.78 is 22.9. The van der Waals surface area contributed by atoms with Crippen LogP contribution in [0.4, 0.5) is 11.4 Å². The number of anilines is 2. The van der Waals surface area contributed by atoms with Gasteiger partial charge in [0.15, 0.2) is 0 Å². The Morgan fingerprint density at radius 2 is 0.568 bits per heavy atom. The van der Waals surface area contributed by atoms with Crippen LogP contribution < -0.4 is 29.6 Å². The molecule has 10 nitrogen and oxygen atoms in total. The molecule has 2 amide bonds. The Morgan fingerprint density at radius 1 is 0.311 bits per heavy atom. The van der Waals surface area contributed by atoms with Gasteiger partial charge in [0.2, 0.25) is 11.8 Å². The van der Waals surface area contributed by atoms with E-state index in [0.29, 0.717) is 60.1 Å². The molecule has 0 unspecified atom stereocenters. The van der Waals surface area contributed by atoms with Crippen LogP contribution in [-0.2, 0) is 9.59 Å². The van der Waals surface area contributed by atoms with Crippen molar-refractivity contribution >= 4 is 35.1 Å². The normalized spacial score (nSPS) is 11.0. The fraction of sp³-hybridized carbons (Fsp3) is 0.562. The lowest BCUT2D eigenvalue weighted by molar-refractivity contribution is -0.117. The fourth-order valence-electron chi connectivity index (χ4n) is 8.91. The summed E-state index contributed by atoms with van der Waals surface area (Å²) in [5.74, 6) is 1.26. The average molecular weight is 1020 g/mol. The van der Waals surface area contributed by atoms with Crippen LogP contribution in [-0.4, -0.2) is 37.0 Å². The van der Waals surface area contributed by atoms with Crippen molar-refractivity contribution in [2.45, 2.75) is 219 Å². The van der Waals surface area contributed by atoms with Crippen molar-refractivity contribution in [1.29, 1.82) is 0 Å². The lowest BCUT2D eigenvalue weighted by atomic mass is 10.1. The minimum absolute atomic E-state index is 0.0608. The molecule has 0 aromatic heterocycles. The van der Waals surface area contributed by atoms with Crippen molar-refractivity contribution < 1.29 is 38.1 Å². The van der Waals surface area contributed by atoms with Crippen LogP contribution in [0.5, 0.6) is 23.0 Å². The molecule has 0 saturated heterocycles. The molecule has 0 bridgehead atoms. The highest BCUT2D eigenvalue weighted by Gasteiger charge is 2.12. The largest absolute Gasteiger partial charge is 0.494 e. The van der Waals surface area contributed by atoms with Gasteiger partial charge in [-0.15, -0.1) is 0 Å². The number of carbonyl (C=O) groups is 4. The predicted octanol–water partition coefficient (Wildman–Crippen LogP) is 18.0. The Balaban J connectivity index is 0.955. The molecule has 74 heavy (non-hydrogen) atoms. The van der Waals surface area contributed by atoms with Crippen molar-refractivity contribution in [3.05, 3.63) is 108 Å². The maximum Gasteiger partial charge on any atom is 0.343 e. The quantitative estimate of drug-likeness (QED) is 0.0255. The van der Waals surface area contributed by atoms with Crippen LogP contribution in [0.3, 0.4) is 0 Å². The van der Waals surface area contributed by atoms with Crippen LogP contribution in [0, 0.1) is 0 Å². The van der Waals surface area contributed by atoms with Gasteiger partial charge in [0, 0.05) is 24.2 Å². The summed E-state index contributed by atoms with van der Waals surface area (Å²) in [6.07, 6.45) is 37.5. The minimum Gasteiger partial charge on any atom is -0.494 e. The third-order valence-corrected chi connectivity index (χ3v) is 13.5. The molecule has 0 heterocycles. The van der Waals surface area contributed by atoms with E-state index in [2.05, 4.69) is 24.5 Å². The zero-order chi connectivity index (χ0) is 52.5. The zero-order valence-electron chi connectivity index (χ0n) is 45.5. The fourth-order valence-corrected chi connectivity index (χ4v) is 8.91. The predicted molar refractivity (Wildman–Crippen MR) is 303 cm³/mol. The highest BCUT2D eigenvalue weighted by Crippen LogP contribution is 2.23. The molecule has 10 heteroatoms. The van der Waals surface area contributed by atoms with Gasteiger partial charge in [0.1, 0.15) is 23.0 Å². The van der Waals surface area contributed by atoms with Crippen molar-refractivity contribution in [2.24, 2.45) is 0 Å². The number of carbonyl (C=O) groups excluding carboxylic acids is 4. The van der Waals surface area contributed by atoms with Gasteiger partial charge in [0.05, 0.1) is 24.3 Å². The number of hydrogen-bond donors (Lipinski definition) is 2. The molecule has 0 saturated carbocycles. The second-order valence-electron chi connectivity index (χ2n) is 20.1. The number of benzene rings is 4. The average Bonchev–Trinajstić information content (AvgIpc) is 3.41. The van der Waals surface area contributed by atoms with Gasteiger partial charge in [-0.3, -0.25) is 9.59 Å². The molecule has 4 aromatic rings. The molecular weight excluding hydrogens is 925 g/mol. The number of amides is 2. The van der Waals surface area contributed by atoms with Crippen LogP contribution in [0.1, 0.15) is 240 Å². The number of ether oxygens (including phenoxy) is 4. The Hall–Kier alpha value is -5.64. The van der Waals surface area contributed by atoms with E-state index in [4.69, 9.17) is 18.9 Å². The molecule has 0 aliphatic heterocycles. The van der Waals surface area contributed by atoms with Crippen molar-refractivity contribution in [3.8, 4) is 23.0 Å². The molecule has 4 aromatic carbocycles. The molecule has 406 valence electrons. The maximum absolute atomic E-state index is 12.8. The second-order valence-corrected chi connectivity index (χ2v) is 20.1. The highest BCUT2D eigenvalue weighted by molar-refractivity contribution is 5.93. The summed E-state index contributed by atoms with van der Waals surface area (Å²) in [4.78, 5) is 50.7. The molecule has 0 fully saturated rings. The van der Waals surface area contributed by atoms with Gasteiger partial charge in [-0.2, -0.15) is 0 Å². The molecular formula is C64H92N2O8. The SMILES string of the molecule is CCCCCCCCCCCCCCOc1ccc(C(=O)Oc2ccc(NC(=O)CCCCCCCCC(=O)Nc3ccc(OC(=O)c4ccc(OCCCCCCCCCCCCCC)cc4)cc3)cc2)cc1. The summed E-state index contributed by atoms with van der Waals surface area (Å²) in [5, 5.41) is 5.84. The van der Waals surface area contributed by atoms with Crippen LogP contribution in [0.15, 0.2) is 97.1 Å². The van der Waals surface area contributed by atoms with E-state index >= 15 is 0 Å². The van der Waals surface area contributed by atoms with Gasteiger partial charge >= 0.3 is 11.9 Å². The Bertz CT molecular complexity index is 1940. The Kier molecular flexibility index (Phi) is 32.7. The van der Waals surface area contributed by atoms with Crippen molar-refractivity contribution in [1.82, 2.24) is 0 Å². The smallest absolute Gasteiger partial charge is 0.343 e. The zero-order valence-corrected chi connectivity index (χ0v) is 45.5. The molecule has 2 N–H and O–H groups in total. The first kappa shape index (κ1) is 60.9. The van der Waals surface area contributed by atoms with Gasteiger partial charge in [-0.1, -0.05) is 181 Å². The number of unbranched alkanes of at least 4 members (excludes halogenated alkanes) is 27. The number of hydrogen-bond acceptors (Lipinski definition) is 8. The Labute approximate surface area is 445 Å². The third kappa shape index (κ3) is 28.7. The monoisotopic (exact) mass is 1020 g/mol. The van der Waals surface area contributed by atoms with Gasteiger partial charge < -0.3 is 29.6 Å². The highest BCUT2D eigenvalue weighted by atomic mass is 16.5. The van der Waals surface area contributed by atoms with E-state index in [1.807, 2.05) is 0 Å². The lowest BCUT2D eigenvalue weighted by Gasteiger charge is -2.09. The van der Waals surface area contributed by atoms with Crippen LogP contribution in [0.2, 0.25) is 0 Å². The summed E-state index contributed by atoms with van der Waals surface area (Å²) in [6.45, 7) is 5.87. The number of rotatable bonds is 43. The second kappa shape index (κ2) is 39.8. The molecule has 0 radical (unpaired) electrons. The van der Waals surface area contributed by atoms with Crippen molar-refractivity contribution in [3.63, 3.8) is 0 Å². The van der Waals surface area contributed by atoms with E-state index in [1.54, 1.807) is 97.1 Å². The first-order valence-electron chi connectivity index (χ1n) is 29.0. The molecule has 0 spiro atoms. The summed E-state index contributed by atoms with van der Waals surface area (Å²) in [6, 6.07) is 27.7. The van der Waals surface area contributed by atoms with Gasteiger partial charge in [0.25, 0.3) is 0 Å². The van der Waals surface area contributed by atoms with Crippen molar-refractivity contribution in [2.75, 3.05) is 23.8 Å². The lowest BCUT2D eigenvalue weighted by Crippen LogP contribution is -2.11. The standard InChI is InChI=1S/C64H92N2O8/c1-3-5-7-9-11-13-15-17-19-23-27-31-51-71-57-43-35-53(36-44-57)63(69)73-59-47-39-55(40-48-59)65-61(67)33-29-25-21-22-26-30-34-62(68)66-56-41-49-60(50-42-56)74-64(70)54-37-45-58(46-38-54)72-52-32-28-24-20-18-16-14-12-10-8-6-4-2/h35-50H,3-34,51-52H2,1-2H3,(H,65,67)(H,66,68). The molecule has 0 aliphatic rings. The first-order chi connectivity index (χ1) is 36.3. The third-order valence-electron chi connectivity index (χ3n) is 13.5. The van der Waals surface area contributed by atoms with Crippen LogP contribution in [0.25, 0.3) is 0 Å². The topological polar surface area (TPSA) is 129 Å². The van der Waals surface area contributed by atoms with E-state index in [0.717, 1.165) is 62.9 Å². The van der Waals surface area contributed by atoms with Gasteiger partial charge in [-0.05, 0) is 123 Å². The molecule has 4 rings (SSSR count). The summed E-state index contributed by atoms with van der Waals surface area (Å²) >= 11 is 0. The summed E-state index contributed by atoms with van der Waals surface area (Å²) in [7, 11) is 0.